The van der Waals surface area contributed by atoms with Crippen LogP contribution >= 0.6 is 0 Å². The number of Topliss-reactive ketones (excluding diaryl/α,β-unsaturated/α-hetero) is 1. The molecule has 1 amide bonds. The topological polar surface area (TPSA) is 95.9 Å². The molecule has 0 spiro atoms. The highest BCUT2D eigenvalue weighted by Gasteiger charge is 2.27. The zero-order chi connectivity index (χ0) is 21.3. The van der Waals surface area contributed by atoms with Gasteiger partial charge < -0.3 is 15.2 Å². The van der Waals surface area contributed by atoms with E-state index in [1.54, 1.807) is 25.7 Å². The summed E-state index contributed by atoms with van der Waals surface area (Å²) in [6.45, 7) is 9.16. The van der Waals surface area contributed by atoms with E-state index in [2.05, 4.69) is 5.32 Å². The number of aliphatic carboxylic acids is 1. The van der Waals surface area contributed by atoms with Crippen molar-refractivity contribution in [2.75, 3.05) is 13.1 Å². The van der Waals surface area contributed by atoms with Crippen molar-refractivity contribution < 1.29 is 24.2 Å². The predicted octanol–water partition coefficient (Wildman–Crippen LogP) is 3.08. The normalized spacial score (nSPS) is 12.7. The lowest BCUT2D eigenvalue weighted by molar-refractivity contribution is -0.139. The molecule has 0 aliphatic heterocycles. The summed E-state index contributed by atoms with van der Waals surface area (Å²) in [5.41, 5.74) is 0.245. The number of carboxylic acid groups (broad SMARTS) is 1. The number of rotatable bonds is 10. The van der Waals surface area contributed by atoms with E-state index < -0.39 is 23.7 Å². The summed E-state index contributed by atoms with van der Waals surface area (Å²) in [6, 6.07) is 8.62. The Morgan fingerprint density at radius 2 is 1.71 bits per heavy atom. The van der Waals surface area contributed by atoms with Crippen LogP contribution in [0.25, 0.3) is 0 Å². The van der Waals surface area contributed by atoms with E-state index in [9.17, 15) is 19.5 Å². The SMILES string of the molecule is CC(C)C[C@H](NC(=O)OC(C)(C)C)C(=O)CN(CC(=O)O)Cc1ccccc1. The average Bonchev–Trinajstić information content (AvgIpc) is 2.52. The molecule has 0 unspecified atom stereocenters. The first-order valence-corrected chi connectivity index (χ1v) is 9.46. The highest BCUT2D eigenvalue weighted by molar-refractivity contribution is 5.89. The van der Waals surface area contributed by atoms with Crippen LogP contribution in [0.15, 0.2) is 30.3 Å². The molecule has 0 fully saturated rings. The first-order chi connectivity index (χ1) is 13.0. The molecule has 0 heterocycles. The molecule has 1 atom stereocenters. The Hall–Kier alpha value is -2.41. The number of benzene rings is 1. The molecule has 2 N–H and O–H groups in total. The molecule has 0 saturated carbocycles. The maximum absolute atomic E-state index is 12.9. The Labute approximate surface area is 167 Å². The molecule has 28 heavy (non-hydrogen) atoms. The Morgan fingerprint density at radius 3 is 2.21 bits per heavy atom. The van der Waals surface area contributed by atoms with Crippen molar-refractivity contribution in [2.24, 2.45) is 5.92 Å². The summed E-state index contributed by atoms with van der Waals surface area (Å²) >= 11 is 0. The molecule has 7 heteroatoms. The number of carboxylic acids is 1. The lowest BCUT2D eigenvalue weighted by atomic mass is 10.00. The van der Waals surface area contributed by atoms with Gasteiger partial charge in [-0.05, 0) is 38.7 Å². The Balaban J connectivity index is 2.85. The molecule has 156 valence electrons. The van der Waals surface area contributed by atoms with E-state index in [0.717, 1.165) is 5.56 Å². The average molecular weight is 392 g/mol. The number of carbonyl (C=O) groups excluding carboxylic acids is 2. The lowest BCUT2D eigenvalue weighted by Gasteiger charge is -2.26. The van der Waals surface area contributed by atoms with E-state index in [0.29, 0.717) is 13.0 Å². The van der Waals surface area contributed by atoms with Crippen LogP contribution in [0.3, 0.4) is 0 Å². The first-order valence-electron chi connectivity index (χ1n) is 9.46. The van der Waals surface area contributed by atoms with Gasteiger partial charge in [0.25, 0.3) is 0 Å². The highest BCUT2D eigenvalue weighted by Crippen LogP contribution is 2.12. The van der Waals surface area contributed by atoms with E-state index in [1.807, 2.05) is 44.2 Å². The predicted molar refractivity (Wildman–Crippen MR) is 107 cm³/mol. The fourth-order valence-electron chi connectivity index (χ4n) is 2.72. The second-order valence-corrected chi connectivity index (χ2v) is 8.32. The van der Waals surface area contributed by atoms with Crippen LogP contribution in [-0.4, -0.2) is 52.6 Å². The third-order valence-corrected chi connectivity index (χ3v) is 3.77. The quantitative estimate of drug-likeness (QED) is 0.635. The zero-order valence-corrected chi connectivity index (χ0v) is 17.4. The minimum absolute atomic E-state index is 0.0750. The van der Waals surface area contributed by atoms with E-state index in [1.165, 1.54) is 0 Å². The van der Waals surface area contributed by atoms with Crippen LogP contribution in [0, 0.1) is 5.92 Å². The fourth-order valence-corrected chi connectivity index (χ4v) is 2.72. The van der Waals surface area contributed by atoms with Gasteiger partial charge in [-0.3, -0.25) is 14.5 Å². The number of carbonyl (C=O) groups is 3. The highest BCUT2D eigenvalue weighted by atomic mass is 16.6. The third kappa shape index (κ3) is 10.1. The summed E-state index contributed by atoms with van der Waals surface area (Å²) in [6.07, 6.45) is -0.205. The van der Waals surface area contributed by atoms with Crippen molar-refractivity contribution >= 4 is 17.8 Å². The fraction of sp³-hybridized carbons (Fsp3) is 0.571. The lowest BCUT2D eigenvalue weighted by Crippen LogP contribution is -2.48. The van der Waals surface area contributed by atoms with Gasteiger partial charge in [0, 0.05) is 6.54 Å². The minimum atomic E-state index is -1.01. The molecular weight excluding hydrogens is 360 g/mol. The molecule has 0 aliphatic rings. The summed E-state index contributed by atoms with van der Waals surface area (Å²) in [4.78, 5) is 37.8. The van der Waals surface area contributed by atoms with Crippen molar-refractivity contribution in [3.05, 3.63) is 35.9 Å². The van der Waals surface area contributed by atoms with Crippen molar-refractivity contribution in [1.29, 1.82) is 0 Å². The molecule has 1 rings (SSSR count). The molecule has 1 aromatic rings. The van der Waals surface area contributed by atoms with Crippen LogP contribution in [0.4, 0.5) is 4.79 Å². The second-order valence-electron chi connectivity index (χ2n) is 8.32. The summed E-state index contributed by atoms with van der Waals surface area (Å²) in [7, 11) is 0. The van der Waals surface area contributed by atoms with Gasteiger partial charge in [-0.1, -0.05) is 44.2 Å². The standard InChI is InChI=1S/C21H32N2O5/c1-15(2)11-17(22-20(27)28-21(3,4)5)18(24)13-23(14-19(25)26)12-16-9-7-6-8-10-16/h6-10,15,17H,11-14H2,1-5H3,(H,22,27)(H,25,26)/t17-/m0/s1. The largest absolute Gasteiger partial charge is 0.480 e. The number of hydrogen-bond acceptors (Lipinski definition) is 5. The van der Waals surface area contributed by atoms with Crippen molar-refractivity contribution in [3.8, 4) is 0 Å². The number of ether oxygens (including phenoxy) is 1. The van der Waals surface area contributed by atoms with Gasteiger partial charge in [-0.15, -0.1) is 0 Å². The van der Waals surface area contributed by atoms with E-state index >= 15 is 0 Å². The third-order valence-electron chi connectivity index (χ3n) is 3.77. The van der Waals surface area contributed by atoms with Crippen LogP contribution < -0.4 is 5.32 Å². The number of nitrogens with zero attached hydrogens (tertiary/aromatic N) is 1. The van der Waals surface area contributed by atoms with Crippen LogP contribution in [0.2, 0.25) is 0 Å². The Kier molecular flexibility index (Phi) is 9.12. The van der Waals surface area contributed by atoms with Crippen LogP contribution in [0.1, 0.15) is 46.6 Å². The van der Waals surface area contributed by atoms with Gasteiger partial charge in [-0.25, -0.2) is 4.79 Å². The van der Waals surface area contributed by atoms with Crippen molar-refractivity contribution in [2.45, 2.75) is 59.2 Å². The van der Waals surface area contributed by atoms with Gasteiger partial charge in [0.2, 0.25) is 0 Å². The summed E-state index contributed by atoms with van der Waals surface area (Å²) in [5, 5.41) is 11.8. The van der Waals surface area contributed by atoms with E-state index in [4.69, 9.17) is 4.74 Å². The van der Waals surface area contributed by atoms with Gasteiger partial charge in [-0.2, -0.15) is 0 Å². The summed E-state index contributed by atoms with van der Waals surface area (Å²) in [5.74, 6) is -1.08. The minimum Gasteiger partial charge on any atom is -0.480 e. The molecule has 0 saturated heterocycles. The molecule has 1 aromatic carbocycles. The number of ketones is 1. The number of hydrogen-bond donors (Lipinski definition) is 2. The van der Waals surface area contributed by atoms with Crippen LogP contribution in [-0.2, 0) is 20.9 Å². The molecule has 0 aromatic heterocycles. The van der Waals surface area contributed by atoms with Gasteiger partial charge in [0.05, 0.1) is 19.1 Å². The second kappa shape index (κ2) is 10.8. The first kappa shape index (κ1) is 23.6. The van der Waals surface area contributed by atoms with Gasteiger partial charge in [0.1, 0.15) is 5.60 Å². The van der Waals surface area contributed by atoms with Gasteiger partial charge >= 0.3 is 12.1 Å². The smallest absolute Gasteiger partial charge is 0.408 e. The number of amides is 1. The van der Waals surface area contributed by atoms with Crippen molar-refractivity contribution in [1.82, 2.24) is 10.2 Å². The van der Waals surface area contributed by atoms with Gasteiger partial charge in [0.15, 0.2) is 5.78 Å². The molecule has 0 bridgehead atoms. The number of nitrogens with one attached hydrogen (secondary N) is 1. The molecular formula is C21H32N2O5. The maximum Gasteiger partial charge on any atom is 0.408 e. The maximum atomic E-state index is 12.9. The molecule has 0 aliphatic carbocycles. The molecule has 7 nitrogen and oxygen atoms in total. The monoisotopic (exact) mass is 392 g/mol. The van der Waals surface area contributed by atoms with E-state index in [-0.39, 0.29) is 24.8 Å². The van der Waals surface area contributed by atoms with Crippen LogP contribution in [0.5, 0.6) is 0 Å². The Morgan fingerprint density at radius 1 is 1.11 bits per heavy atom. The summed E-state index contributed by atoms with van der Waals surface area (Å²) < 4.78 is 5.26. The Bertz CT molecular complexity index is 653. The van der Waals surface area contributed by atoms with Crippen molar-refractivity contribution in [3.63, 3.8) is 0 Å². The number of alkyl carbamates (subject to hydrolysis) is 1. The zero-order valence-electron chi connectivity index (χ0n) is 17.4. The molecule has 0 radical (unpaired) electrons.